The number of hydrogen-bond acceptors (Lipinski definition) is 3. The van der Waals surface area contributed by atoms with Gasteiger partial charge in [-0.15, -0.1) is 0 Å². The van der Waals surface area contributed by atoms with Gasteiger partial charge >= 0.3 is 0 Å². The second-order valence-corrected chi connectivity index (χ2v) is 7.57. The van der Waals surface area contributed by atoms with E-state index in [1.54, 1.807) is 0 Å². The Balaban J connectivity index is 1.68. The molecule has 1 saturated carbocycles. The average Bonchev–Trinajstić information content (AvgIpc) is 3.14. The van der Waals surface area contributed by atoms with Crippen LogP contribution in [-0.2, 0) is 5.41 Å². The van der Waals surface area contributed by atoms with E-state index in [1.165, 1.54) is 49.8 Å². The van der Waals surface area contributed by atoms with Crippen molar-refractivity contribution in [3.8, 4) is 0 Å². The highest BCUT2D eigenvalue weighted by Crippen LogP contribution is 2.45. The summed E-state index contributed by atoms with van der Waals surface area (Å²) < 4.78 is 0. The number of rotatable bonds is 3. The van der Waals surface area contributed by atoms with Crippen molar-refractivity contribution in [2.24, 2.45) is 5.92 Å². The fraction of sp³-hybridized carbons (Fsp3) is 0.524. The molecule has 1 aromatic heterocycles. The third-order valence-electron chi connectivity index (χ3n) is 5.98. The molecule has 0 unspecified atom stereocenters. The number of aromatic nitrogens is 2. The van der Waals surface area contributed by atoms with Crippen molar-refractivity contribution in [1.82, 2.24) is 9.97 Å². The molecule has 4 rings (SSSR count). The van der Waals surface area contributed by atoms with Crippen LogP contribution < -0.4 is 4.90 Å². The second kappa shape index (κ2) is 6.54. The lowest BCUT2D eigenvalue weighted by atomic mass is 9.76. The maximum atomic E-state index is 5.07. The molecule has 0 atom stereocenters. The Hall–Kier alpha value is -1.90. The molecule has 2 aliphatic rings. The summed E-state index contributed by atoms with van der Waals surface area (Å²) >= 11 is 0. The molecule has 2 fully saturated rings. The molecule has 0 spiro atoms. The summed E-state index contributed by atoms with van der Waals surface area (Å²) in [6.07, 6.45) is 9.44. The first kappa shape index (κ1) is 15.6. The number of hydrogen-bond donors (Lipinski definition) is 0. The zero-order valence-electron chi connectivity index (χ0n) is 14.6. The zero-order valence-corrected chi connectivity index (χ0v) is 14.6. The Labute approximate surface area is 145 Å². The van der Waals surface area contributed by atoms with Crippen LogP contribution in [0.3, 0.4) is 0 Å². The van der Waals surface area contributed by atoms with Gasteiger partial charge in [-0.2, -0.15) is 0 Å². The van der Waals surface area contributed by atoms with Crippen molar-refractivity contribution >= 4 is 5.95 Å². The monoisotopic (exact) mass is 321 g/mol. The van der Waals surface area contributed by atoms with Gasteiger partial charge in [-0.25, -0.2) is 9.97 Å². The first-order valence-electron chi connectivity index (χ1n) is 9.42. The van der Waals surface area contributed by atoms with Crippen LogP contribution in [0.5, 0.6) is 0 Å². The van der Waals surface area contributed by atoms with Gasteiger partial charge in [0.2, 0.25) is 5.95 Å². The van der Waals surface area contributed by atoms with E-state index in [0.29, 0.717) is 0 Å². The van der Waals surface area contributed by atoms with Gasteiger partial charge in [0.25, 0.3) is 0 Å². The summed E-state index contributed by atoms with van der Waals surface area (Å²) in [5.41, 5.74) is 2.72. The fourth-order valence-electron chi connectivity index (χ4n) is 4.40. The van der Waals surface area contributed by atoms with E-state index >= 15 is 0 Å². The molecule has 3 nitrogen and oxygen atoms in total. The number of piperidine rings is 1. The van der Waals surface area contributed by atoms with Crippen LogP contribution in [0.1, 0.15) is 56.7 Å². The molecule has 1 aliphatic heterocycles. The summed E-state index contributed by atoms with van der Waals surface area (Å²) in [4.78, 5) is 12.0. The molecule has 1 aromatic carbocycles. The van der Waals surface area contributed by atoms with Crippen LogP contribution in [0.25, 0.3) is 0 Å². The fourth-order valence-corrected chi connectivity index (χ4v) is 4.40. The van der Waals surface area contributed by atoms with Crippen molar-refractivity contribution in [2.45, 2.75) is 50.9 Å². The van der Waals surface area contributed by atoms with E-state index in [0.717, 1.165) is 25.0 Å². The van der Waals surface area contributed by atoms with Crippen molar-refractivity contribution < 1.29 is 0 Å². The standard InChI is InChI=1S/C21H27N3/c1-17-10-15-24(16-11-17)20-22-14-9-19(23-20)21(12-5-6-13-21)18-7-3-2-4-8-18/h2-4,7-9,14,17H,5-6,10-13,15-16H2,1H3. The maximum Gasteiger partial charge on any atom is 0.225 e. The van der Waals surface area contributed by atoms with Gasteiger partial charge in [-0.1, -0.05) is 50.1 Å². The third kappa shape index (κ3) is 2.81. The van der Waals surface area contributed by atoms with Crippen LogP contribution in [-0.4, -0.2) is 23.1 Å². The number of benzene rings is 1. The van der Waals surface area contributed by atoms with Crippen molar-refractivity contribution in [3.63, 3.8) is 0 Å². The Morgan fingerprint density at radius 3 is 2.42 bits per heavy atom. The van der Waals surface area contributed by atoms with Gasteiger partial charge in [0.15, 0.2) is 0 Å². The van der Waals surface area contributed by atoms with Gasteiger partial charge in [-0.05, 0) is 43.2 Å². The van der Waals surface area contributed by atoms with Gasteiger partial charge in [0, 0.05) is 24.7 Å². The molecule has 2 heterocycles. The zero-order chi connectivity index (χ0) is 16.4. The quantitative estimate of drug-likeness (QED) is 0.829. The molecule has 2 aromatic rings. The first-order chi connectivity index (χ1) is 11.8. The molecular formula is C21H27N3. The average molecular weight is 321 g/mol. The van der Waals surface area contributed by atoms with Crippen molar-refractivity contribution in [2.75, 3.05) is 18.0 Å². The van der Waals surface area contributed by atoms with Crippen LogP contribution in [0.4, 0.5) is 5.95 Å². The highest BCUT2D eigenvalue weighted by atomic mass is 15.3. The number of nitrogens with zero attached hydrogens (tertiary/aromatic N) is 3. The van der Waals surface area contributed by atoms with Crippen LogP contribution in [0, 0.1) is 5.92 Å². The molecule has 1 saturated heterocycles. The Kier molecular flexibility index (Phi) is 4.26. The smallest absolute Gasteiger partial charge is 0.225 e. The van der Waals surface area contributed by atoms with E-state index in [9.17, 15) is 0 Å². The molecule has 0 amide bonds. The molecule has 126 valence electrons. The molecule has 0 bridgehead atoms. The summed E-state index contributed by atoms with van der Waals surface area (Å²) in [7, 11) is 0. The van der Waals surface area contributed by atoms with Gasteiger partial charge in [-0.3, -0.25) is 0 Å². The Bertz CT molecular complexity index is 668. The summed E-state index contributed by atoms with van der Waals surface area (Å²) in [5, 5.41) is 0. The topological polar surface area (TPSA) is 29.0 Å². The van der Waals surface area contributed by atoms with Crippen molar-refractivity contribution in [1.29, 1.82) is 0 Å². The highest BCUT2D eigenvalue weighted by molar-refractivity contribution is 5.40. The van der Waals surface area contributed by atoms with Crippen LogP contribution in [0.2, 0.25) is 0 Å². The van der Waals surface area contributed by atoms with E-state index in [2.05, 4.69) is 53.2 Å². The first-order valence-corrected chi connectivity index (χ1v) is 9.42. The lowest BCUT2D eigenvalue weighted by Gasteiger charge is -2.33. The minimum Gasteiger partial charge on any atom is -0.341 e. The predicted octanol–water partition coefficient (Wildman–Crippen LogP) is 4.57. The van der Waals surface area contributed by atoms with Crippen LogP contribution in [0.15, 0.2) is 42.6 Å². The summed E-state index contributed by atoms with van der Waals surface area (Å²) in [6.45, 7) is 4.52. The van der Waals surface area contributed by atoms with Gasteiger partial charge in [0.1, 0.15) is 0 Å². The normalized spacial score (nSPS) is 21.1. The van der Waals surface area contributed by atoms with E-state index in [4.69, 9.17) is 4.98 Å². The lowest BCUT2D eigenvalue weighted by molar-refractivity contribution is 0.432. The van der Waals surface area contributed by atoms with Gasteiger partial charge in [0.05, 0.1) is 5.69 Å². The summed E-state index contributed by atoms with van der Waals surface area (Å²) in [5.74, 6) is 1.76. The molecule has 0 radical (unpaired) electrons. The van der Waals surface area contributed by atoms with E-state index < -0.39 is 0 Å². The Morgan fingerprint density at radius 1 is 1.00 bits per heavy atom. The van der Waals surface area contributed by atoms with Crippen molar-refractivity contribution in [3.05, 3.63) is 53.9 Å². The SMILES string of the molecule is CC1CCN(c2nccc(C3(c4ccccc4)CCCC3)n2)CC1. The highest BCUT2D eigenvalue weighted by Gasteiger charge is 2.39. The Morgan fingerprint density at radius 2 is 1.71 bits per heavy atom. The minimum absolute atomic E-state index is 0.0853. The van der Waals surface area contributed by atoms with Gasteiger partial charge < -0.3 is 4.90 Å². The predicted molar refractivity (Wildman–Crippen MR) is 98.3 cm³/mol. The van der Waals surface area contributed by atoms with Crippen LogP contribution >= 0.6 is 0 Å². The molecule has 24 heavy (non-hydrogen) atoms. The third-order valence-corrected chi connectivity index (χ3v) is 5.98. The second-order valence-electron chi connectivity index (χ2n) is 7.57. The molecule has 0 N–H and O–H groups in total. The minimum atomic E-state index is 0.0853. The lowest BCUT2D eigenvalue weighted by Crippen LogP contribution is -2.35. The molecule has 1 aliphatic carbocycles. The van der Waals surface area contributed by atoms with E-state index in [1.807, 2.05) is 6.20 Å². The summed E-state index contributed by atoms with van der Waals surface area (Å²) in [6, 6.07) is 13.1. The number of anilines is 1. The molecular weight excluding hydrogens is 294 g/mol. The largest absolute Gasteiger partial charge is 0.341 e. The van der Waals surface area contributed by atoms with E-state index in [-0.39, 0.29) is 5.41 Å². The maximum absolute atomic E-state index is 5.07. The molecule has 3 heteroatoms.